The molecule has 7 nitrogen and oxygen atoms in total. The van der Waals surface area contributed by atoms with Crippen LogP contribution in [0.25, 0.3) is 17.0 Å². The van der Waals surface area contributed by atoms with Crippen molar-refractivity contribution in [2.24, 2.45) is 12.1 Å². The maximum Gasteiger partial charge on any atom is 0.273 e. The number of hydrazone groups is 1. The molecule has 4 aromatic rings. The first-order chi connectivity index (χ1) is 16.3. The summed E-state index contributed by atoms with van der Waals surface area (Å²) in [6, 6.07) is 7.61. The van der Waals surface area contributed by atoms with Gasteiger partial charge in [-0.1, -0.05) is 22.2 Å². The van der Waals surface area contributed by atoms with Crippen molar-refractivity contribution in [1.29, 1.82) is 0 Å². The maximum absolute atomic E-state index is 14.4. The van der Waals surface area contributed by atoms with E-state index < -0.39 is 11.6 Å². The lowest BCUT2D eigenvalue weighted by molar-refractivity contribution is -0.116. The van der Waals surface area contributed by atoms with Crippen LogP contribution in [0, 0.1) is 18.6 Å². The second-order valence-corrected chi connectivity index (χ2v) is 8.76. The molecule has 2 aromatic carbocycles. The number of hydrogen-bond acceptors (Lipinski definition) is 6. The molecular formula is C23H16ClF2N5O2S. The van der Waals surface area contributed by atoms with Crippen molar-refractivity contribution in [2.75, 3.05) is 0 Å². The van der Waals surface area contributed by atoms with E-state index in [9.17, 15) is 13.6 Å². The number of rotatable bonds is 5. The summed E-state index contributed by atoms with van der Waals surface area (Å²) in [5, 5.41) is 8.65. The van der Waals surface area contributed by atoms with Gasteiger partial charge in [0.25, 0.3) is 5.91 Å². The van der Waals surface area contributed by atoms with Gasteiger partial charge in [0.2, 0.25) is 0 Å². The number of benzene rings is 2. The monoisotopic (exact) mass is 499 g/mol. The van der Waals surface area contributed by atoms with E-state index in [-0.39, 0.29) is 23.1 Å². The Hall–Kier alpha value is -3.63. The van der Waals surface area contributed by atoms with E-state index in [1.165, 1.54) is 0 Å². The fourth-order valence-electron chi connectivity index (χ4n) is 3.77. The van der Waals surface area contributed by atoms with Gasteiger partial charge in [-0.25, -0.2) is 14.2 Å². The standard InChI is InChI=1S/C23H16ClF2N5O2S/c1-11-22(34-30-27-11)21-13(23(32)29-28-21)8-12-9-31(2)17-4-3-5-18(19(12)17)33-10-14-16(25)7-6-15(24)20(14)26/h3-9H,10H2,1-2H3,(H,29,32)/b13-8-. The highest BCUT2D eigenvalue weighted by molar-refractivity contribution is 7.08. The molecule has 5 rings (SSSR count). The number of aromatic nitrogens is 3. The highest BCUT2D eigenvalue weighted by Gasteiger charge is 2.28. The number of carbonyl (C=O) groups excluding carboxylic acids is 1. The van der Waals surface area contributed by atoms with Crippen molar-refractivity contribution in [3.63, 3.8) is 0 Å². The number of hydrogen-bond donors (Lipinski definition) is 1. The Kier molecular flexibility index (Phi) is 5.62. The Morgan fingerprint density at radius 3 is 2.85 bits per heavy atom. The molecule has 0 bridgehead atoms. The summed E-state index contributed by atoms with van der Waals surface area (Å²) in [4.78, 5) is 13.3. The van der Waals surface area contributed by atoms with Gasteiger partial charge in [0.1, 0.15) is 23.9 Å². The van der Waals surface area contributed by atoms with E-state index in [4.69, 9.17) is 16.3 Å². The van der Waals surface area contributed by atoms with Gasteiger partial charge in [0.15, 0.2) is 5.82 Å². The van der Waals surface area contributed by atoms with Crippen molar-refractivity contribution in [1.82, 2.24) is 19.6 Å². The Morgan fingerprint density at radius 1 is 1.26 bits per heavy atom. The summed E-state index contributed by atoms with van der Waals surface area (Å²) < 4.78 is 40.2. The zero-order valence-corrected chi connectivity index (χ0v) is 19.5. The van der Waals surface area contributed by atoms with Crippen LogP contribution in [-0.2, 0) is 18.4 Å². The summed E-state index contributed by atoms with van der Waals surface area (Å²) in [6.45, 7) is 1.43. The first-order valence-corrected chi connectivity index (χ1v) is 11.2. The van der Waals surface area contributed by atoms with Crippen LogP contribution in [0.3, 0.4) is 0 Å². The van der Waals surface area contributed by atoms with E-state index in [0.717, 1.165) is 29.2 Å². The Balaban J connectivity index is 1.57. The lowest BCUT2D eigenvalue weighted by Crippen LogP contribution is -2.13. The third-order valence-electron chi connectivity index (χ3n) is 5.45. The average molecular weight is 500 g/mol. The molecule has 1 N–H and O–H groups in total. The summed E-state index contributed by atoms with van der Waals surface area (Å²) in [5.41, 5.74) is 5.18. The molecule has 34 heavy (non-hydrogen) atoms. The Morgan fingerprint density at radius 2 is 2.09 bits per heavy atom. The van der Waals surface area contributed by atoms with Crippen LogP contribution in [0.5, 0.6) is 5.75 Å². The minimum absolute atomic E-state index is 0.185. The second-order valence-electron chi connectivity index (χ2n) is 7.60. The van der Waals surface area contributed by atoms with Crippen molar-refractivity contribution in [3.05, 3.63) is 80.5 Å². The zero-order chi connectivity index (χ0) is 24.0. The van der Waals surface area contributed by atoms with Gasteiger partial charge in [-0.15, -0.1) is 5.10 Å². The molecule has 0 saturated carbocycles. The minimum Gasteiger partial charge on any atom is -0.488 e. The minimum atomic E-state index is -0.860. The van der Waals surface area contributed by atoms with Crippen LogP contribution in [0.1, 0.15) is 21.7 Å². The molecule has 1 amide bonds. The van der Waals surface area contributed by atoms with Crippen molar-refractivity contribution in [3.8, 4) is 5.75 Å². The number of ether oxygens (including phenoxy) is 1. The normalized spacial score (nSPS) is 14.7. The number of nitrogens with zero attached hydrogens (tertiary/aromatic N) is 4. The number of fused-ring (bicyclic) bond motifs is 1. The SMILES string of the molecule is Cc1nnsc1C1=NNC(=O)/C1=C\c1cn(C)c2cccc(OCc3c(F)ccc(Cl)c3F)c12. The molecule has 0 fully saturated rings. The third-order valence-corrected chi connectivity index (χ3v) is 6.58. The summed E-state index contributed by atoms with van der Waals surface area (Å²) in [7, 11) is 1.85. The number of aryl methyl sites for hydroxylation is 2. The van der Waals surface area contributed by atoms with Crippen molar-refractivity contribution < 1.29 is 18.3 Å². The molecule has 0 radical (unpaired) electrons. The van der Waals surface area contributed by atoms with E-state index in [0.29, 0.717) is 38.6 Å². The Bertz CT molecular complexity index is 1530. The van der Waals surface area contributed by atoms with Crippen LogP contribution < -0.4 is 10.2 Å². The highest BCUT2D eigenvalue weighted by atomic mass is 35.5. The summed E-state index contributed by atoms with van der Waals surface area (Å²) >= 11 is 6.95. The highest BCUT2D eigenvalue weighted by Crippen LogP contribution is 2.34. The molecule has 0 unspecified atom stereocenters. The number of amides is 1. The topological polar surface area (TPSA) is 81.4 Å². The maximum atomic E-state index is 14.4. The fourth-order valence-corrected chi connectivity index (χ4v) is 4.61. The van der Waals surface area contributed by atoms with Crippen molar-refractivity contribution in [2.45, 2.75) is 13.5 Å². The van der Waals surface area contributed by atoms with Crippen molar-refractivity contribution >= 4 is 51.7 Å². The first-order valence-electron chi connectivity index (χ1n) is 10.1. The molecule has 0 atom stereocenters. The lowest BCUT2D eigenvalue weighted by Gasteiger charge is -2.11. The van der Waals surface area contributed by atoms with Gasteiger partial charge in [0.05, 0.1) is 32.2 Å². The largest absolute Gasteiger partial charge is 0.488 e. The van der Waals surface area contributed by atoms with E-state index >= 15 is 0 Å². The predicted octanol–water partition coefficient (Wildman–Crippen LogP) is 4.77. The number of carbonyl (C=O) groups is 1. The van der Waals surface area contributed by atoms with Crippen LogP contribution in [0.4, 0.5) is 8.78 Å². The molecule has 11 heteroatoms. The predicted molar refractivity (Wildman–Crippen MR) is 126 cm³/mol. The molecule has 3 heterocycles. The van der Waals surface area contributed by atoms with Gasteiger partial charge in [-0.3, -0.25) is 4.79 Å². The van der Waals surface area contributed by atoms with Crippen LogP contribution >= 0.6 is 23.1 Å². The summed E-state index contributed by atoms with van der Waals surface area (Å²) in [6.07, 6.45) is 3.54. The molecule has 2 aromatic heterocycles. The Labute approximate surface area is 201 Å². The number of nitrogens with one attached hydrogen (secondary N) is 1. The van der Waals surface area contributed by atoms with Gasteiger partial charge in [-0.2, -0.15) is 5.10 Å². The summed E-state index contributed by atoms with van der Waals surface area (Å²) in [5.74, 6) is -1.57. The van der Waals surface area contributed by atoms with Crippen LogP contribution in [0.2, 0.25) is 5.02 Å². The van der Waals surface area contributed by atoms with E-state index in [1.807, 2.05) is 23.9 Å². The quantitative estimate of drug-likeness (QED) is 0.317. The van der Waals surface area contributed by atoms with E-state index in [1.54, 1.807) is 25.1 Å². The van der Waals surface area contributed by atoms with Gasteiger partial charge < -0.3 is 9.30 Å². The van der Waals surface area contributed by atoms with E-state index in [2.05, 4.69) is 20.1 Å². The molecule has 172 valence electrons. The smallest absolute Gasteiger partial charge is 0.273 e. The number of halogens is 3. The van der Waals surface area contributed by atoms with Crippen LogP contribution in [0.15, 0.2) is 47.2 Å². The molecule has 0 saturated heterocycles. The average Bonchev–Trinajstić information content (AvgIpc) is 3.49. The second kappa shape index (κ2) is 8.62. The molecule has 1 aliphatic rings. The lowest BCUT2D eigenvalue weighted by atomic mass is 10.0. The molecular weight excluding hydrogens is 484 g/mol. The van der Waals surface area contributed by atoms with Gasteiger partial charge in [0, 0.05) is 24.2 Å². The third kappa shape index (κ3) is 3.74. The fraction of sp³-hybridized carbons (Fsp3) is 0.130. The van der Waals surface area contributed by atoms with Gasteiger partial charge >= 0.3 is 0 Å². The molecule has 0 spiro atoms. The zero-order valence-electron chi connectivity index (χ0n) is 17.9. The molecule has 0 aliphatic carbocycles. The first kappa shape index (κ1) is 22.2. The van der Waals surface area contributed by atoms with Crippen LogP contribution in [-0.4, -0.2) is 25.8 Å². The molecule has 1 aliphatic heterocycles. The van der Waals surface area contributed by atoms with Gasteiger partial charge in [-0.05, 0) is 48.8 Å².